The van der Waals surface area contributed by atoms with E-state index < -0.39 is 10.0 Å². The Morgan fingerprint density at radius 2 is 2.21 bits per heavy atom. The minimum atomic E-state index is -3.03. The molecule has 1 N–H and O–H groups in total. The summed E-state index contributed by atoms with van der Waals surface area (Å²) >= 11 is 0. The van der Waals surface area contributed by atoms with Gasteiger partial charge in [0.15, 0.2) is 0 Å². The maximum atomic E-state index is 11.5. The van der Waals surface area contributed by atoms with Crippen molar-refractivity contribution in [3.05, 3.63) is 0 Å². The fraction of sp³-hybridized carbons (Fsp3) is 1.00. The maximum absolute atomic E-state index is 11.5. The smallest absolute Gasteiger partial charge is 0.214 e. The van der Waals surface area contributed by atoms with Gasteiger partial charge in [-0.3, -0.25) is 0 Å². The van der Waals surface area contributed by atoms with Gasteiger partial charge in [0.1, 0.15) is 0 Å². The molecule has 1 saturated heterocycles. The van der Waals surface area contributed by atoms with Crippen molar-refractivity contribution >= 4 is 10.0 Å². The second-order valence-corrected chi connectivity index (χ2v) is 5.59. The van der Waals surface area contributed by atoms with Crippen LogP contribution in [0.3, 0.4) is 0 Å². The highest BCUT2D eigenvalue weighted by Crippen LogP contribution is 2.17. The quantitative estimate of drug-likeness (QED) is 0.624. The molecule has 0 spiro atoms. The summed E-state index contributed by atoms with van der Waals surface area (Å²) in [5.74, 6) is 0.449. The van der Waals surface area contributed by atoms with E-state index in [2.05, 4.69) is 0 Å². The van der Waals surface area contributed by atoms with Gasteiger partial charge in [-0.25, -0.2) is 8.42 Å². The van der Waals surface area contributed by atoms with Gasteiger partial charge in [-0.15, -0.1) is 0 Å². The molecule has 0 radical (unpaired) electrons. The molecule has 1 aliphatic heterocycles. The third-order valence-corrected chi connectivity index (χ3v) is 4.23. The van der Waals surface area contributed by atoms with Gasteiger partial charge < -0.3 is 9.84 Å². The predicted octanol–water partition coefficient (Wildman–Crippen LogP) is -0.723. The normalized spacial score (nSPS) is 26.9. The van der Waals surface area contributed by atoms with Crippen LogP contribution in [0.25, 0.3) is 0 Å². The monoisotopic (exact) mass is 223 g/mol. The second kappa shape index (κ2) is 5.06. The Hall–Kier alpha value is -0.170. The average Bonchev–Trinajstić information content (AvgIpc) is 2.33. The van der Waals surface area contributed by atoms with Gasteiger partial charge in [0.25, 0.3) is 0 Å². The van der Waals surface area contributed by atoms with E-state index in [1.807, 2.05) is 6.92 Å². The lowest BCUT2D eigenvalue weighted by atomic mass is 10.2. The summed E-state index contributed by atoms with van der Waals surface area (Å²) in [6.45, 7) is 3.50. The first-order valence-electron chi connectivity index (χ1n) is 4.72. The van der Waals surface area contributed by atoms with Crippen LogP contribution >= 0.6 is 0 Å². The molecule has 0 saturated carbocycles. The lowest BCUT2D eigenvalue weighted by molar-refractivity contribution is 0.0857. The number of sulfonamides is 1. The topological polar surface area (TPSA) is 66.8 Å². The predicted molar refractivity (Wildman–Crippen MR) is 52.4 cm³/mol. The number of aliphatic hydroxyl groups excluding tert-OH is 1. The summed E-state index contributed by atoms with van der Waals surface area (Å²) in [6, 6.07) is 0. The molecule has 0 aromatic rings. The number of nitrogens with zero attached hydrogens (tertiary/aromatic N) is 1. The second-order valence-electron chi connectivity index (χ2n) is 3.58. The Balaban J connectivity index is 2.31. The number of ether oxygens (including phenoxy) is 1. The third-order valence-electron chi connectivity index (χ3n) is 2.12. The van der Waals surface area contributed by atoms with E-state index in [0.29, 0.717) is 19.7 Å². The van der Waals surface area contributed by atoms with Gasteiger partial charge in [0.05, 0.1) is 25.6 Å². The van der Waals surface area contributed by atoms with Crippen LogP contribution in [0.2, 0.25) is 0 Å². The van der Waals surface area contributed by atoms with Crippen LogP contribution in [0.1, 0.15) is 6.92 Å². The van der Waals surface area contributed by atoms with Crippen LogP contribution in [-0.4, -0.2) is 56.5 Å². The van der Waals surface area contributed by atoms with Crippen molar-refractivity contribution in [2.45, 2.75) is 6.92 Å². The van der Waals surface area contributed by atoms with Gasteiger partial charge in [-0.05, 0) is 5.92 Å². The molecule has 1 aliphatic rings. The Morgan fingerprint density at radius 1 is 1.50 bits per heavy atom. The fourth-order valence-corrected chi connectivity index (χ4v) is 3.41. The van der Waals surface area contributed by atoms with Crippen molar-refractivity contribution in [1.82, 2.24) is 4.31 Å². The zero-order chi connectivity index (χ0) is 10.6. The molecule has 1 atom stereocenters. The van der Waals surface area contributed by atoms with E-state index in [0.717, 1.165) is 0 Å². The molecule has 0 amide bonds. The van der Waals surface area contributed by atoms with Gasteiger partial charge in [0, 0.05) is 13.1 Å². The maximum Gasteiger partial charge on any atom is 0.214 e. The van der Waals surface area contributed by atoms with E-state index in [9.17, 15) is 8.42 Å². The molecule has 0 aliphatic carbocycles. The number of aliphatic hydroxyl groups is 1. The van der Waals surface area contributed by atoms with E-state index in [1.165, 1.54) is 4.31 Å². The molecular weight excluding hydrogens is 206 g/mol. The van der Waals surface area contributed by atoms with E-state index in [4.69, 9.17) is 9.84 Å². The largest absolute Gasteiger partial charge is 0.394 e. The highest BCUT2D eigenvalue weighted by molar-refractivity contribution is 7.89. The number of rotatable bonds is 5. The number of hydrogen-bond acceptors (Lipinski definition) is 4. The third kappa shape index (κ3) is 3.20. The van der Waals surface area contributed by atoms with Crippen molar-refractivity contribution in [2.24, 2.45) is 5.92 Å². The summed E-state index contributed by atoms with van der Waals surface area (Å²) in [6.07, 6.45) is 0. The van der Waals surface area contributed by atoms with Crippen molar-refractivity contribution in [3.63, 3.8) is 0 Å². The van der Waals surface area contributed by atoms with Gasteiger partial charge >= 0.3 is 0 Å². The molecule has 1 fully saturated rings. The van der Waals surface area contributed by atoms with Crippen LogP contribution in [-0.2, 0) is 14.8 Å². The zero-order valence-corrected chi connectivity index (χ0v) is 9.16. The minimum absolute atomic E-state index is 0.0247. The van der Waals surface area contributed by atoms with Crippen molar-refractivity contribution < 1.29 is 18.3 Å². The SMILES string of the molecule is CC1CN(CCOCCO)S(=O)(=O)C1. The van der Waals surface area contributed by atoms with Gasteiger partial charge in [-0.1, -0.05) is 6.92 Å². The minimum Gasteiger partial charge on any atom is -0.394 e. The molecule has 5 nitrogen and oxygen atoms in total. The molecule has 0 bridgehead atoms. The Morgan fingerprint density at radius 3 is 2.71 bits per heavy atom. The summed E-state index contributed by atoms with van der Waals surface area (Å²) in [5, 5.41) is 8.45. The van der Waals surface area contributed by atoms with Crippen molar-refractivity contribution in [1.29, 1.82) is 0 Å². The average molecular weight is 223 g/mol. The first kappa shape index (κ1) is 11.9. The van der Waals surface area contributed by atoms with Crippen LogP contribution < -0.4 is 0 Å². The van der Waals surface area contributed by atoms with Crippen molar-refractivity contribution in [3.8, 4) is 0 Å². The van der Waals surface area contributed by atoms with E-state index >= 15 is 0 Å². The highest BCUT2D eigenvalue weighted by atomic mass is 32.2. The molecular formula is C8H17NO4S. The van der Waals surface area contributed by atoms with Crippen LogP contribution in [0.15, 0.2) is 0 Å². The molecule has 0 aromatic heterocycles. The summed E-state index contributed by atoms with van der Waals surface area (Å²) in [7, 11) is -3.03. The van der Waals surface area contributed by atoms with Crippen LogP contribution in [0.4, 0.5) is 0 Å². The van der Waals surface area contributed by atoms with Gasteiger partial charge in [-0.2, -0.15) is 4.31 Å². The fourth-order valence-electron chi connectivity index (χ4n) is 1.54. The first-order valence-corrected chi connectivity index (χ1v) is 6.33. The zero-order valence-electron chi connectivity index (χ0n) is 8.35. The Labute approximate surface area is 84.7 Å². The molecule has 0 aromatic carbocycles. The summed E-state index contributed by atoms with van der Waals surface area (Å²) < 4.78 is 29.4. The standard InChI is InChI=1S/C8H17NO4S/c1-8-6-9(14(11,12)7-8)2-4-13-5-3-10/h8,10H,2-7H2,1H3. The van der Waals surface area contributed by atoms with Crippen LogP contribution in [0.5, 0.6) is 0 Å². The lowest BCUT2D eigenvalue weighted by Gasteiger charge is -2.13. The summed E-state index contributed by atoms with van der Waals surface area (Å²) in [4.78, 5) is 0. The first-order chi connectivity index (χ1) is 6.56. The molecule has 6 heteroatoms. The highest BCUT2D eigenvalue weighted by Gasteiger charge is 2.32. The molecule has 1 heterocycles. The summed E-state index contributed by atoms with van der Waals surface area (Å²) in [5.41, 5.74) is 0. The lowest BCUT2D eigenvalue weighted by Crippen LogP contribution is -2.29. The Bertz CT molecular complexity index is 265. The van der Waals surface area contributed by atoms with E-state index in [1.54, 1.807) is 0 Å². The molecule has 14 heavy (non-hydrogen) atoms. The van der Waals surface area contributed by atoms with Crippen molar-refractivity contribution in [2.75, 3.05) is 38.7 Å². The van der Waals surface area contributed by atoms with E-state index in [-0.39, 0.29) is 24.9 Å². The molecule has 1 rings (SSSR count). The molecule has 84 valence electrons. The number of hydrogen-bond donors (Lipinski definition) is 1. The van der Waals surface area contributed by atoms with Gasteiger partial charge in [0.2, 0.25) is 10.0 Å². The molecule has 1 unspecified atom stereocenters. The van der Waals surface area contributed by atoms with Crippen LogP contribution in [0, 0.1) is 5.92 Å². The Kier molecular flexibility index (Phi) is 4.31.